The van der Waals surface area contributed by atoms with E-state index >= 15 is 0 Å². The molecule has 1 aliphatic carbocycles. The first-order chi connectivity index (χ1) is 12.0. The van der Waals surface area contributed by atoms with Crippen LogP contribution in [0.25, 0.3) is 0 Å². The molecule has 2 heteroatoms. The number of rotatable bonds is 8. The van der Waals surface area contributed by atoms with E-state index in [1.165, 1.54) is 11.1 Å². The Morgan fingerprint density at radius 3 is 2.16 bits per heavy atom. The van der Waals surface area contributed by atoms with Crippen LogP contribution in [0.4, 0.5) is 4.39 Å². The van der Waals surface area contributed by atoms with E-state index in [0.29, 0.717) is 18.5 Å². The first-order valence-electron chi connectivity index (χ1n) is 9.57. The Hall–Kier alpha value is -1.67. The average molecular weight is 339 g/mol. The van der Waals surface area contributed by atoms with Crippen LogP contribution >= 0.6 is 0 Å². The number of hydrogen-bond acceptors (Lipinski definition) is 1. The zero-order chi connectivity index (χ0) is 17.8. The molecule has 0 saturated heterocycles. The number of halogens is 1. The molecule has 0 aromatic heterocycles. The third kappa shape index (κ3) is 4.92. The second kappa shape index (κ2) is 8.14. The summed E-state index contributed by atoms with van der Waals surface area (Å²) in [7, 11) is 0. The van der Waals surface area contributed by atoms with Crippen molar-refractivity contribution in [3.8, 4) is 0 Å². The second-order valence-corrected chi connectivity index (χ2v) is 7.74. The number of aryl methyl sites for hydroxylation is 1. The van der Waals surface area contributed by atoms with Crippen molar-refractivity contribution < 1.29 is 4.39 Å². The minimum Gasteiger partial charge on any atom is -0.294 e. The minimum absolute atomic E-state index is 0.162. The molecule has 1 fully saturated rings. The molecule has 1 nitrogen and oxygen atoms in total. The summed E-state index contributed by atoms with van der Waals surface area (Å²) < 4.78 is 13.2. The summed E-state index contributed by atoms with van der Waals surface area (Å²) in [6.45, 7) is 7.88. The van der Waals surface area contributed by atoms with E-state index in [1.807, 2.05) is 0 Å². The summed E-state index contributed by atoms with van der Waals surface area (Å²) in [5, 5.41) is 0. The fourth-order valence-corrected chi connectivity index (χ4v) is 3.62. The molecule has 0 bridgehead atoms. The molecule has 3 atom stereocenters. The number of hydrogen-bond donors (Lipinski definition) is 0. The highest BCUT2D eigenvalue weighted by Gasteiger charge is 2.38. The molecule has 3 unspecified atom stereocenters. The maximum Gasteiger partial charge on any atom is 0.108 e. The van der Waals surface area contributed by atoms with E-state index < -0.39 is 6.17 Å². The highest BCUT2D eigenvalue weighted by Crippen LogP contribution is 2.43. The van der Waals surface area contributed by atoms with Crippen molar-refractivity contribution in [1.29, 1.82) is 0 Å². The van der Waals surface area contributed by atoms with E-state index in [0.717, 1.165) is 24.9 Å². The first-order valence-corrected chi connectivity index (χ1v) is 9.57. The van der Waals surface area contributed by atoms with Crippen LogP contribution in [0.1, 0.15) is 56.2 Å². The fraction of sp³-hybridized carbons (Fsp3) is 0.478. The summed E-state index contributed by atoms with van der Waals surface area (Å²) >= 11 is 0. The molecule has 0 spiro atoms. The molecule has 0 heterocycles. The molecule has 25 heavy (non-hydrogen) atoms. The molecule has 0 amide bonds. The average Bonchev–Trinajstić information content (AvgIpc) is 3.35. The molecule has 2 aromatic carbocycles. The van der Waals surface area contributed by atoms with Crippen LogP contribution in [0, 0.1) is 0 Å². The fourth-order valence-electron chi connectivity index (χ4n) is 3.62. The standard InChI is InChI=1S/C23H30FN/c1-17(2)25(16-20-7-5-4-6-8-20)18(3)9-10-19-11-13-21(14-12-19)22-15-23(22)24/h4-8,11-14,17-18,22-23H,9-10,15-16H2,1-3H3. The van der Waals surface area contributed by atoms with E-state index in [-0.39, 0.29) is 5.92 Å². The van der Waals surface area contributed by atoms with Crippen LogP contribution in [0.3, 0.4) is 0 Å². The lowest BCUT2D eigenvalue weighted by atomic mass is 10.0. The molecule has 0 aliphatic heterocycles. The lowest BCUT2D eigenvalue weighted by molar-refractivity contribution is 0.147. The Balaban J connectivity index is 1.55. The van der Waals surface area contributed by atoms with Gasteiger partial charge in [0.15, 0.2) is 0 Å². The Morgan fingerprint density at radius 1 is 0.960 bits per heavy atom. The second-order valence-electron chi connectivity index (χ2n) is 7.74. The zero-order valence-electron chi connectivity index (χ0n) is 15.7. The third-order valence-corrected chi connectivity index (χ3v) is 5.41. The summed E-state index contributed by atoms with van der Waals surface area (Å²) in [6, 6.07) is 20.4. The van der Waals surface area contributed by atoms with Gasteiger partial charge in [0.05, 0.1) is 0 Å². The maximum absolute atomic E-state index is 13.2. The van der Waals surface area contributed by atoms with Crippen molar-refractivity contribution in [3.05, 3.63) is 71.3 Å². The Kier molecular flexibility index (Phi) is 5.90. The van der Waals surface area contributed by atoms with Gasteiger partial charge in [0.2, 0.25) is 0 Å². The van der Waals surface area contributed by atoms with Gasteiger partial charge in [-0.3, -0.25) is 4.90 Å². The van der Waals surface area contributed by atoms with Crippen molar-refractivity contribution in [2.45, 2.75) is 70.8 Å². The predicted molar refractivity (Wildman–Crippen MR) is 104 cm³/mol. The third-order valence-electron chi connectivity index (χ3n) is 5.41. The van der Waals surface area contributed by atoms with Crippen LogP contribution in [0.15, 0.2) is 54.6 Å². The quantitative estimate of drug-likeness (QED) is 0.592. The van der Waals surface area contributed by atoms with Crippen LogP contribution in [-0.4, -0.2) is 23.2 Å². The summed E-state index contributed by atoms with van der Waals surface area (Å²) in [5.74, 6) is 0.162. The van der Waals surface area contributed by atoms with E-state index in [9.17, 15) is 4.39 Å². The molecule has 2 aromatic rings. The maximum atomic E-state index is 13.2. The van der Waals surface area contributed by atoms with Gasteiger partial charge < -0.3 is 0 Å². The number of nitrogens with zero attached hydrogens (tertiary/aromatic N) is 1. The van der Waals surface area contributed by atoms with Crippen LogP contribution in [0.2, 0.25) is 0 Å². The Morgan fingerprint density at radius 2 is 1.60 bits per heavy atom. The topological polar surface area (TPSA) is 3.24 Å². The Labute approximate surface area is 151 Å². The van der Waals surface area contributed by atoms with Crippen molar-refractivity contribution in [2.75, 3.05) is 0 Å². The van der Waals surface area contributed by atoms with E-state index in [2.05, 4.69) is 80.3 Å². The van der Waals surface area contributed by atoms with E-state index in [1.54, 1.807) is 0 Å². The molecule has 0 N–H and O–H groups in total. The van der Waals surface area contributed by atoms with Crippen LogP contribution < -0.4 is 0 Å². The van der Waals surface area contributed by atoms with Crippen molar-refractivity contribution in [1.82, 2.24) is 4.90 Å². The number of alkyl halides is 1. The van der Waals surface area contributed by atoms with Gasteiger partial charge in [-0.25, -0.2) is 4.39 Å². The largest absolute Gasteiger partial charge is 0.294 e. The molecule has 3 rings (SSSR count). The van der Waals surface area contributed by atoms with Gasteiger partial charge >= 0.3 is 0 Å². The van der Waals surface area contributed by atoms with Crippen LogP contribution in [0.5, 0.6) is 0 Å². The van der Waals surface area contributed by atoms with Gasteiger partial charge in [-0.2, -0.15) is 0 Å². The highest BCUT2D eigenvalue weighted by atomic mass is 19.1. The smallest absolute Gasteiger partial charge is 0.108 e. The van der Waals surface area contributed by atoms with Gasteiger partial charge in [-0.15, -0.1) is 0 Å². The summed E-state index contributed by atoms with van der Waals surface area (Å²) in [4.78, 5) is 2.57. The molecular weight excluding hydrogens is 309 g/mol. The monoisotopic (exact) mass is 339 g/mol. The lowest BCUT2D eigenvalue weighted by Crippen LogP contribution is -2.38. The van der Waals surface area contributed by atoms with Gasteiger partial charge in [0.1, 0.15) is 6.17 Å². The zero-order valence-corrected chi connectivity index (χ0v) is 15.7. The molecule has 134 valence electrons. The summed E-state index contributed by atoms with van der Waals surface area (Å²) in [5.41, 5.74) is 3.89. The van der Waals surface area contributed by atoms with Crippen molar-refractivity contribution >= 4 is 0 Å². The predicted octanol–water partition coefficient (Wildman–Crippen LogP) is 5.74. The highest BCUT2D eigenvalue weighted by molar-refractivity contribution is 5.30. The van der Waals surface area contributed by atoms with Gasteiger partial charge in [0, 0.05) is 24.5 Å². The lowest BCUT2D eigenvalue weighted by Gasteiger charge is -2.33. The summed E-state index contributed by atoms with van der Waals surface area (Å²) in [6.07, 6.45) is 2.31. The molecule has 0 radical (unpaired) electrons. The van der Waals surface area contributed by atoms with Gasteiger partial charge in [0.25, 0.3) is 0 Å². The normalized spacial score (nSPS) is 20.9. The minimum atomic E-state index is -0.608. The van der Waals surface area contributed by atoms with E-state index in [4.69, 9.17) is 0 Å². The van der Waals surface area contributed by atoms with Gasteiger partial charge in [-0.1, -0.05) is 54.6 Å². The SMILES string of the molecule is CC(C)N(Cc1ccccc1)C(C)CCc1ccc(C2CC2F)cc1. The van der Waals surface area contributed by atoms with Crippen LogP contribution in [-0.2, 0) is 13.0 Å². The molecule has 1 saturated carbocycles. The number of benzene rings is 2. The van der Waals surface area contributed by atoms with Crippen molar-refractivity contribution in [2.24, 2.45) is 0 Å². The molecule has 1 aliphatic rings. The Bertz CT molecular complexity index is 650. The molecular formula is C23H30FN. The van der Waals surface area contributed by atoms with Gasteiger partial charge in [-0.05, 0) is 56.7 Å². The van der Waals surface area contributed by atoms with Crippen molar-refractivity contribution in [3.63, 3.8) is 0 Å². The first kappa shape index (κ1) is 18.1.